The van der Waals surface area contributed by atoms with E-state index in [0.717, 1.165) is 5.69 Å². The normalized spacial score (nSPS) is 10.3. The van der Waals surface area contributed by atoms with Gasteiger partial charge in [-0.3, -0.25) is 0 Å². The minimum atomic E-state index is -0.435. The van der Waals surface area contributed by atoms with Crippen LogP contribution in [0.2, 0.25) is 0 Å². The van der Waals surface area contributed by atoms with Gasteiger partial charge < -0.3 is 15.2 Å². The maximum absolute atomic E-state index is 11.9. The number of hydrogen-bond donors (Lipinski definition) is 2. The predicted molar refractivity (Wildman–Crippen MR) is 94.9 cm³/mol. The third kappa shape index (κ3) is 3.58. The summed E-state index contributed by atoms with van der Waals surface area (Å²) in [5.41, 5.74) is 2.25. The van der Waals surface area contributed by atoms with E-state index >= 15 is 0 Å². The number of carbonyl (C=O) groups excluding carboxylic acids is 1. The van der Waals surface area contributed by atoms with Gasteiger partial charge in [0.05, 0.1) is 23.9 Å². The van der Waals surface area contributed by atoms with Gasteiger partial charge in [0.1, 0.15) is 11.6 Å². The first-order valence-corrected chi connectivity index (χ1v) is 7.67. The number of aromatic nitrogens is 2. The monoisotopic (exact) mass is 335 g/mol. The van der Waals surface area contributed by atoms with Crippen LogP contribution in [0.1, 0.15) is 16.1 Å². The SMILES string of the molecule is COC(=O)c1ccccc1Nc1cc(C)nc(-c2ccccc2O)n1. The highest BCUT2D eigenvalue weighted by Gasteiger charge is 2.13. The summed E-state index contributed by atoms with van der Waals surface area (Å²) in [6.45, 7) is 1.84. The highest BCUT2D eigenvalue weighted by molar-refractivity contribution is 5.96. The maximum atomic E-state index is 11.9. The molecule has 0 spiro atoms. The molecule has 126 valence electrons. The van der Waals surface area contributed by atoms with E-state index in [9.17, 15) is 9.90 Å². The number of aromatic hydroxyl groups is 1. The number of phenols is 1. The third-order valence-electron chi connectivity index (χ3n) is 3.59. The molecule has 1 aromatic heterocycles. The van der Waals surface area contributed by atoms with E-state index in [0.29, 0.717) is 28.5 Å². The van der Waals surface area contributed by atoms with Crippen molar-refractivity contribution in [2.24, 2.45) is 0 Å². The molecule has 0 fully saturated rings. The number of phenolic OH excluding ortho intramolecular Hbond substituents is 1. The number of para-hydroxylation sites is 2. The second-order valence-corrected chi connectivity index (χ2v) is 5.40. The minimum Gasteiger partial charge on any atom is -0.507 e. The fourth-order valence-electron chi connectivity index (χ4n) is 2.43. The van der Waals surface area contributed by atoms with Crippen LogP contribution in [0.25, 0.3) is 11.4 Å². The number of anilines is 2. The molecule has 0 saturated heterocycles. The second kappa shape index (κ2) is 7.00. The largest absolute Gasteiger partial charge is 0.507 e. The molecule has 0 atom stereocenters. The van der Waals surface area contributed by atoms with Gasteiger partial charge in [0, 0.05) is 11.8 Å². The third-order valence-corrected chi connectivity index (χ3v) is 3.59. The van der Waals surface area contributed by atoms with Crippen LogP contribution < -0.4 is 5.32 Å². The Morgan fingerprint density at radius 1 is 1.08 bits per heavy atom. The molecule has 0 unspecified atom stereocenters. The van der Waals surface area contributed by atoms with Crippen LogP contribution in [0.15, 0.2) is 54.6 Å². The van der Waals surface area contributed by atoms with Crippen LogP contribution >= 0.6 is 0 Å². The molecule has 2 aromatic carbocycles. The lowest BCUT2D eigenvalue weighted by molar-refractivity contribution is 0.0602. The van der Waals surface area contributed by atoms with E-state index in [2.05, 4.69) is 15.3 Å². The van der Waals surface area contributed by atoms with Crippen LogP contribution in [-0.2, 0) is 4.74 Å². The first kappa shape index (κ1) is 16.4. The Bertz CT molecular complexity index is 925. The molecule has 0 aliphatic heterocycles. The highest BCUT2D eigenvalue weighted by Crippen LogP contribution is 2.28. The summed E-state index contributed by atoms with van der Waals surface area (Å²) in [4.78, 5) is 20.7. The van der Waals surface area contributed by atoms with Gasteiger partial charge in [0.15, 0.2) is 5.82 Å². The van der Waals surface area contributed by atoms with Crippen molar-refractivity contribution >= 4 is 17.5 Å². The van der Waals surface area contributed by atoms with Gasteiger partial charge in [-0.1, -0.05) is 24.3 Å². The molecule has 0 amide bonds. The lowest BCUT2D eigenvalue weighted by Crippen LogP contribution is -2.06. The summed E-state index contributed by atoms with van der Waals surface area (Å²) in [7, 11) is 1.34. The first-order valence-electron chi connectivity index (χ1n) is 7.67. The molecule has 25 heavy (non-hydrogen) atoms. The van der Waals surface area contributed by atoms with Crippen molar-refractivity contribution in [2.45, 2.75) is 6.92 Å². The molecule has 0 saturated carbocycles. The zero-order valence-corrected chi connectivity index (χ0v) is 13.9. The molecule has 0 aliphatic rings. The Labute approximate surface area is 145 Å². The Morgan fingerprint density at radius 2 is 1.80 bits per heavy atom. The van der Waals surface area contributed by atoms with Crippen molar-refractivity contribution < 1.29 is 14.6 Å². The number of rotatable bonds is 4. The summed E-state index contributed by atoms with van der Waals surface area (Å²) in [6.07, 6.45) is 0. The van der Waals surface area contributed by atoms with Gasteiger partial charge in [-0.25, -0.2) is 14.8 Å². The van der Waals surface area contributed by atoms with E-state index in [-0.39, 0.29) is 5.75 Å². The van der Waals surface area contributed by atoms with Crippen molar-refractivity contribution in [3.8, 4) is 17.1 Å². The molecule has 3 rings (SSSR count). The summed E-state index contributed by atoms with van der Waals surface area (Å²) in [5, 5.41) is 13.1. The summed E-state index contributed by atoms with van der Waals surface area (Å²) in [5.74, 6) is 0.585. The molecule has 1 heterocycles. The number of ether oxygens (including phenoxy) is 1. The Hall–Kier alpha value is -3.41. The molecule has 6 heteroatoms. The summed E-state index contributed by atoms with van der Waals surface area (Å²) < 4.78 is 4.80. The van der Waals surface area contributed by atoms with Crippen LogP contribution in [0.4, 0.5) is 11.5 Å². The lowest BCUT2D eigenvalue weighted by atomic mass is 10.1. The van der Waals surface area contributed by atoms with Gasteiger partial charge in [-0.05, 0) is 31.2 Å². The average molecular weight is 335 g/mol. The average Bonchev–Trinajstić information content (AvgIpc) is 2.61. The van der Waals surface area contributed by atoms with Gasteiger partial charge in [0.2, 0.25) is 0 Å². The van der Waals surface area contributed by atoms with Crippen molar-refractivity contribution in [3.63, 3.8) is 0 Å². The standard InChI is InChI=1S/C19H17N3O3/c1-12-11-17(21-15-9-5-3-7-13(15)19(24)25-2)22-18(20-12)14-8-4-6-10-16(14)23/h3-11,23H,1-2H3,(H,20,21,22). The van der Waals surface area contributed by atoms with Crippen LogP contribution in [0, 0.1) is 6.92 Å². The summed E-state index contributed by atoms with van der Waals surface area (Å²) in [6, 6.07) is 15.6. The van der Waals surface area contributed by atoms with Crippen molar-refractivity contribution in [1.82, 2.24) is 9.97 Å². The van der Waals surface area contributed by atoms with Gasteiger partial charge in [0.25, 0.3) is 0 Å². The fraction of sp³-hybridized carbons (Fsp3) is 0.105. The molecule has 0 bridgehead atoms. The van der Waals surface area contributed by atoms with Crippen LogP contribution in [-0.4, -0.2) is 28.2 Å². The zero-order valence-electron chi connectivity index (χ0n) is 13.9. The number of benzene rings is 2. The van der Waals surface area contributed by atoms with Crippen LogP contribution in [0.5, 0.6) is 5.75 Å². The Balaban J connectivity index is 2.00. The molecular formula is C19H17N3O3. The predicted octanol–water partition coefficient (Wildman–Crippen LogP) is 3.69. The van der Waals surface area contributed by atoms with Gasteiger partial charge in [-0.15, -0.1) is 0 Å². The molecule has 3 aromatic rings. The van der Waals surface area contributed by atoms with E-state index < -0.39 is 5.97 Å². The van der Waals surface area contributed by atoms with Crippen molar-refractivity contribution in [3.05, 3.63) is 65.9 Å². The van der Waals surface area contributed by atoms with Gasteiger partial charge >= 0.3 is 5.97 Å². The van der Waals surface area contributed by atoms with E-state index in [1.54, 1.807) is 48.5 Å². The number of nitrogens with one attached hydrogen (secondary N) is 1. The van der Waals surface area contributed by atoms with Crippen LogP contribution in [0.3, 0.4) is 0 Å². The molecule has 6 nitrogen and oxygen atoms in total. The molecular weight excluding hydrogens is 318 g/mol. The number of methoxy groups -OCH3 is 1. The number of aryl methyl sites for hydroxylation is 1. The quantitative estimate of drug-likeness (QED) is 0.708. The first-order chi connectivity index (χ1) is 12.1. The van der Waals surface area contributed by atoms with Crippen molar-refractivity contribution in [1.29, 1.82) is 0 Å². The number of hydrogen-bond acceptors (Lipinski definition) is 6. The topological polar surface area (TPSA) is 84.3 Å². The Kier molecular flexibility index (Phi) is 4.61. The van der Waals surface area contributed by atoms with E-state index in [4.69, 9.17) is 4.74 Å². The Morgan fingerprint density at radius 3 is 2.56 bits per heavy atom. The van der Waals surface area contributed by atoms with E-state index in [1.807, 2.05) is 13.0 Å². The molecule has 2 N–H and O–H groups in total. The second-order valence-electron chi connectivity index (χ2n) is 5.40. The molecule has 0 aliphatic carbocycles. The maximum Gasteiger partial charge on any atom is 0.339 e. The minimum absolute atomic E-state index is 0.106. The fourth-order valence-corrected chi connectivity index (χ4v) is 2.43. The smallest absolute Gasteiger partial charge is 0.339 e. The summed E-state index contributed by atoms with van der Waals surface area (Å²) >= 11 is 0. The number of carbonyl (C=O) groups is 1. The highest BCUT2D eigenvalue weighted by atomic mass is 16.5. The van der Waals surface area contributed by atoms with Crippen molar-refractivity contribution in [2.75, 3.05) is 12.4 Å². The van der Waals surface area contributed by atoms with Gasteiger partial charge in [-0.2, -0.15) is 0 Å². The number of nitrogens with zero attached hydrogens (tertiary/aromatic N) is 2. The lowest BCUT2D eigenvalue weighted by Gasteiger charge is -2.12. The number of esters is 1. The van der Waals surface area contributed by atoms with E-state index in [1.165, 1.54) is 7.11 Å². The molecule has 0 radical (unpaired) electrons. The zero-order chi connectivity index (χ0) is 17.8.